The maximum atomic E-state index is 11.4. The standard InChI is InChI=1S/C9H15NO3/c1-3-9(8(12)13-2)6-4-5-7(11)10-9/h3-6H2,1-2H3,(H,10,11). The Kier molecular flexibility index (Phi) is 2.90. The van der Waals surface area contributed by atoms with Crippen LogP contribution in [0.15, 0.2) is 0 Å². The molecule has 13 heavy (non-hydrogen) atoms. The Morgan fingerprint density at radius 3 is 2.85 bits per heavy atom. The third-order valence-electron chi connectivity index (χ3n) is 2.57. The summed E-state index contributed by atoms with van der Waals surface area (Å²) >= 11 is 0. The van der Waals surface area contributed by atoms with E-state index in [0.29, 0.717) is 19.3 Å². The molecule has 1 atom stereocenters. The fourth-order valence-corrected chi connectivity index (χ4v) is 1.70. The summed E-state index contributed by atoms with van der Waals surface area (Å²) < 4.78 is 4.68. The van der Waals surface area contributed by atoms with E-state index in [4.69, 9.17) is 0 Å². The van der Waals surface area contributed by atoms with E-state index in [0.717, 1.165) is 6.42 Å². The molecule has 0 aliphatic carbocycles. The smallest absolute Gasteiger partial charge is 0.331 e. The van der Waals surface area contributed by atoms with Gasteiger partial charge < -0.3 is 10.1 Å². The van der Waals surface area contributed by atoms with Crippen molar-refractivity contribution in [2.45, 2.75) is 38.1 Å². The molecule has 0 aromatic rings. The van der Waals surface area contributed by atoms with Crippen LogP contribution in [-0.2, 0) is 14.3 Å². The molecule has 0 aromatic carbocycles. The molecule has 1 rings (SSSR count). The minimum Gasteiger partial charge on any atom is -0.467 e. The van der Waals surface area contributed by atoms with E-state index in [1.807, 2.05) is 6.92 Å². The van der Waals surface area contributed by atoms with Gasteiger partial charge in [0.25, 0.3) is 0 Å². The molecule has 0 bridgehead atoms. The molecule has 1 unspecified atom stereocenters. The number of hydrogen-bond donors (Lipinski definition) is 1. The van der Waals surface area contributed by atoms with Crippen molar-refractivity contribution in [1.29, 1.82) is 0 Å². The van der Waals surface area contributed by atoms with Crippen LogP contribution in [0.25, 0.3) is 0 Å². The lowest BCUT2D eigenvalue weighted by Gasteiger charge is -2.34. The van der Waals surface area contributed by atoms with E-state index < -0.39 is 5.54 Å². The molecule has 0 saturated carbocycles. The first kappa shape index (κ1) is 10.0. The first-order chi connectivity index (χ1) is 6.14. The first-order valence-electron chi connectivity index (χ1n) is 4.54. The van der Waals surface area contributed by atoms with Crippen molar-refractivity contribution in [2.75, 3.05) is 7.11 Å². The average Bonchev–Trinajstić information content (AvgIpc) is 2.16. The van der Waals surface area contributed by atoms with E-state index in [1.165, 1.54) is 7.11 Å². The molecule has 0 radical (unpaired) electrons. The average molecular weight is 185 g/mol. The number of amides is 1. The van der Waals surface area contributed by atoms with Crippen LogP contribution in [0.4, 0.5) is 0 Å². The van der Waals surface area contributed by atoms with E-state index in [-0.39, 0.29) is 11.9 Å². The topological polar surface area (TPSA) is 55.4 Å². The quantitative estimate of drug-likeness (QED) is 0.641. The number of nitrogens with one attached hydrogen (secondary N) is 1. The summed E-state index contributed by atoms with van der Waals surface area (Å²) in [4.78, 5) is 22.6. The van der Waals surface area contributed by atoms with Crippen molar-refractivity contribution >= 4 is 11.9 Å². The molecule has 1 fully saturated rings. The fraction of sp³-hybridized carbons (Fsp3) is 0.778. The highest BCUT2D eigenvalue weighted by molar-refractivity contribution is 5.89. The Morgan fingerprint density at radius 2 is 2.38 bits per heavy atom. The Balaban J connectivity index is 2.78. The van der Waals surface area contributed by atoms with Gasteiger partial charge in [0.1, 0.15) is 5.54 Å². The molecule has 1 saturated heterocycles. The predicted octanol–water partition coefficient (Wildman–Crippen LogP) is 0.608. The van der Waals surface area contributed by atoms with Gasteiger partial charge in [-0.25, -0.2) is 4.79 Å². The van der Waals surface area contributed by atoms with Crippen LogP contribution < -0.4 is 5.32 Å². The minimum absolute atomic E-state index is 0.0569. The molecule has 0 spiro atoms. The van der Waals surface area contributed by atoms with Gasteiger partial charge in [0, 0.05) is 6.42 Å². The lowest BCUT2D eigenvalue weighted by Crippen LogP contribution is -2.57. The molecule has 74 valence electrons. The number of piperidine rings is 1. The number of ether oxygens (including phenoxy) is 1. The van der Waals surface area contributed by atoms with Gasteiger partial charge in [0.15, 0.2) is 0 Å². The van der Waals surface area contributed by atoms with E-state index in [9.17, 15) is 9.59 Å². The molecule has 4 heteroatoms. The number of methoxy groups -OCH3 is 1. The van der Waals surface area contributed by atoms with Gasteiger partial charge in [0.05, 0.1) is 7.11 Å². The maximum Gasteiger partial charge on any atom is 0.331 e. The minimum atomic E-state index is -0.760. The summed E-state index contributed by atoms with van der Waals surface area (Å²) in [6.07, 6.45) is 2.54. The monoisotopic (exact) mass is 185 g/mol. The van der Waals surface area contributed by atoms with E-state index in [1.54, 1.807) is 0 Å². The van der Waals surface area contributed by atoms with Gasteiger partial charge in [0.2, 0.25) is 5.91 Å². The van der Waals surface area contributed by atoms with Crippen LogP contribution >= 0.6 is 0 Å². The second-order valence-corrected chi connectivity index (χ2v) is 3.33. The number of esters is 1. The summed E-state index contributed by atoms with van der Waals surface area (Å²) in [5, 5.41) is 2.72. The molecular formula is C9H15NO3. The molecule has 1 N–H and O–H groups in total. The highest BCUT2D eigenvalue weighted by Crippen LogP contribution is 2.24. The zero-order chi connectivity index (χ0) is 9.90. The second-order valence-electron chi connectivity index (χ2n) is 3.33. The lowest BCUT2D eigenvalue weighted by molar-refractivity contribution is -0.153. The zero-order valence-electron chi connectivity index (χ0n) is 8.05. The second kappa shape index (κ2) is 3.77. The van der Waals surface area contributed by atoms with Crippen molar-refractivity contribution in [1.82, 2.24) is 5.32 Å². The lowest BCUT2D eigenvalue weighted by atomic mass is 9.86. The van der Waals surface area contributed by atoms with E-state index >= 15 is 0 Å². The molecule has 1 aliphatic heterocycles. The largest absolute Gasteiger partial charge is 0.467 e. The zero-order valence-corrected chi connectivity index (χ0v) is 8.05. The summed E-state index contributed by atoms with van der Waals surface area (Å²) in [5.74, 6) is -0.387. The third-order valence-corrected chi connectivity index (χ3v) is 2.57. The predicted molar refractivity (Wildman–Crippen MR) is 47.0 cm³/mol. The molecule has 1 amide bonds. The molecule has 1 heterocycles. The Labute approximate surface area is 77.6 Å². The maximum absolute atomic E-state index is 11.4. The van der Waals surface area contributed by atoms with Crippen molar-refractivity contribution in [3.05, 3.63) is 0 Å². The van der Waals surface area contributed by atoms with E-state index in [2.05, 4.69) is 10.1 Å². The van der Waals surface area contributed by atoms with Crippen LogP contribution in [0.3, 0.4) is 0 Å². The highest BCUT2D eigenvalue weighted by atomic mass is 16.5. The Morgan fingerprint density at radius 1 is 1.69 bits per heavy atom. The normalized spacial score (nSPS) is 28.0. The summed E-state index contributed by atoms with van der Waals surface area (Å²) in [6.45, 7) is 1.88. The third kappa shape index (κ3) is 1.82. The molecule has 0 aromatic heterocycles. The van der Waals surface area contributed by atoms with Gasteiger partial charge in [-0.2, -0.15) is 0 Å². The molecular weight excluding hydrogens is 170 g/mol. The van der Waals surface area contributed by atoms with Gasteiger partial charge in [-0.15, -0.1) is 0 Å². The van der Waals surface area contributed by atoms with Crippen LogP contribution in [-0.4, -0.2) is 24.5 Å². The number of carbonyl (C=O) groups is 2. The van der Waals surface area contributed by atoms with Crippen molar-refractivity contribution in [2.24, 2.45) is 0 Å². The van der Waals surface area contributed by atoms with Crippen molar-refractivity contribution < 1.29 is 14.3 Å². The van der Waals surface area contributed by atoms with Gasteiger partial charge >= 0.3 is 5.97 Å². The molecule has 4 nitrogen and oxygen atoms in total. The van der Waals surface area contributed by atoms with Gasteiger partial charge in [-0.1, -0.05) is 6.92 Å². The number of hydrogen-bond acceptors (Lipinski definition) is 3. The molecule has 1 aliphatic rings. The highest BCUT2D eigenvalue weighted by Gasteiger charge is 2.41. The van der Waals surface area contributed by atoms with Crippen LogP contribution in [0.2, 0.25) is 0 Å². The van der Waals surface area contributed by atoms with Gasteiger partial charge in [-0.05, 0) is 19.3 Å². The van der Waals surface area contributed by atoms with Gasteiger partial charge in [-0.3, -0.25) is 4.79 Å². The first-order valence-corrected chi connectivity index (χ1v) is 4.54. The number of rotatable bonds is 2. The van der Waals surface area contributed by atoms with Crippen molar-refractivity contribution in [3.8, 4) is 0 Å². The Hall–Kier alpha value is -1.06. The summed E-state index contributed by atoms with van der Waals surface area (Å²) in [5.41, 5.74) is -0.760. The summed E-state index contributed by atoms with van der Waals surface area (Å²) in [6, 6.07) is 0. The van der Waals surface area contributed by atoms with Crippen molar-refractivity contribution in [3.63, 3.8) is 0 Å². The van der Waals surface area contributed by atoms with Crippen LogP contribution in [0.5, 0.6) is 0 Å². The Bertz CT molecular complexity index is 227. The SMILES string of the molecule is CCC1(C(=O)OC)CCCC(=O)N1. The number of carbonyl (C=O) groups excluding carboxylic acids is 2. The fourth-order valence-electron chi connectivity index (χ4n) is 1.70. The van der Waals surface area contributed by atoms with Crippen LogP contribution in [0.1, 0.15) is 32.6 Å². The summed E-state index contributed by atoms with van der Waals surface area (Å²) in [7, 11) is 1.35. The van der Waals surface area contributed by atoms with Crippen LogP contribution in [0, 0.1) is 0 Å².